The van der Waals surface area contributed by atoms with Gasteiger partial charge in [0, 0.05) is 21.2 Å². The number of hydrogen-bond donors (Lipinski definition) is 1. The molecule has 6 rings (SSSR count). The number of nitrogens with zero attached hydrogens (tertiary/aromatic N) is 2. The second kappa shape index (κ2) is 12.2. The van der Waals surface area contributed by atoms with E-state index in [1.165, 1.54) is 18.0 Å². The first-order valence-corrected chi connectivity index (χ1v) is 14.1. The van der Waals surface area contributed by atoms with E-state index in [1.807, 2.05) is 78.9 Å². The fourth-order valence-corrected chi connectivity index (χ4v) is 5.35. The van der Waals surface area contributed by atoms with Crippen molar-refractivity contribution in [2.45, 2.75) is 9.99 Å². The van der Waals surface area contributed by atoms with Crippen LogP contribution in [0.25, 0.3) is 28.2 Å². The van der Waals surface area contributed by atoms with Crippen LogP contribution in [-0.2, 0) is 0 Å². The van der Waals surface area contributed by atoms with Crippen molar-refractivity contribution < 1.29 is 9.21 Å². The van der Waals surface area contributed by atoms with E-state index in [0.29, 0.717) is 21.4 Å². The number of benzene rings is 4. The zero-order chi connectivity index (χ0) is 28.0. The van der Waals surface area contributed by atoms with Gasteiger partial charge in [-0.1, -0.05) is 84.0 Å². The van der Waals surface area contributed by atoms with Crippen molar-refractivity contribution in [3.05, 3.63) is 150 Å². The Morgan fingerprint density at radius 3 is 1.95 bits per heavy atom. The van der Waals surface area contributed by atoms with Crippen molar-refractivity contribution in [2.24, 2.45) is 5.10 Å². The molecule has 7 heteroatoms. The van der Waals surface area contributed by atoms with Crippen LogP contribution in [0.15, 0.2) is 153 Å². The largest absolute Gasteiger partial charge is 0.448 e. The molecule has 0 aliphatic rings. The normalized spacial score (nSPS) is 11.1. The quantitative estimate of drug-likeness (QED) is 0.146. The van der Waals surface area contributed by atoms with Crippen LogP contribution in [-0.4, -0.2) is 16.7 Å². The van der Waals surface area contributed by atoms with Crippen LogP contribution in [0.4, 0.5) is 0 Å². The van der Waals surface area contributed by atoms with E-state index in [4.69, 9.17) is 16.0 Å². The van der Waals surface area contributed by atoms with E-state index in [1.54, 1.807) is 18.2 Å². The molecule has 1 amide bonds. The van der Waals surface area contributed by atoms with Gasteiger partial charge >= 0.3 is 0 Å². The maximum absolute atomic E-state index is 12.8. The highest BCUT2D eigenvalue weighted by atomic mass is 35.5. The minimum absolute atomic E-state index is 0.311. The molecule has 0 aliphatic carbocycles. The van der Waals surface area contributed by atoms with Crippen LogP contribution in [0.2, 0.25) is 5.02 Å². The van der Waals surface area contributed by atoms with E-state index in [-0.39, 0.29) is 5.91 Å². The van der Waals surface area contributed by atoms with E-state index >= 15 is 0 Å². The molecule has 200 valence electrons. The van der Waals surface area contributed by atoms with Gasteiger partial charge in [0.2, 0.25) is 0 Å². The van der Waals surface area contributed by atoms with E-state index < -0.39 is 0 Å². The summed E-state index contributed by atoms with van der Waals surface area (Å²) in [5.74, 6) is 0.223. The molecule has 0 fully saturated rings. The molecule has 0 aliphatic heterocycles. The number of aromatic nitrogens is 1. The summed E-state index contributed by atoms with van der Waals surface area (Å²) in [6.07, 6.45) is 1.48. The number of hydrazone groups is 1. The molecule has 0 unspecified atom stereocenters. The summed E-state index contributed by atoms with van der Waals surface area (Å²) in [6.45, 7) is 0. The van der Waals surface area contributed by atoms with Crippen LogP contribution >= 0.6 is 23.4 Å². The Bertz CT molecular complexity index is 1740. The lowest BCUT2D eigenvalue weighted by Gasteiger charge is -2.15. The average molecular weight is 574 g/mol. The van der Waals surface area contributed by atoms with Gasteiger partial charge in [0.05, 0.1) is 17.6 Å². The molecule has 5 nitrogen and oxygen atoms in total. The minimum atomic E-state index is -0.311. The molecule has 0 atom stereocenters. The fourth-order valence-electron chi connectivity index (χ4n) is 4.44. The number of halogens is 1. The third-order valence-corrected chi connectivity index (χ3v) is 7.58. The zero-order valence-corrected chi connectivity index (χ0v) is 23.3. The SMILES string of the molecule is O=C(N/N=C\c1ccc(Sc2ccc(Cl)cc2)o1)c1ccc(-n2c(-c3ccccc3)ccc2-c2ccccc2)cc1. The Kier molecular flexibility index (Phi) is 7.85. The van der Waals surface area contributed by atoms with Gasteiger partial charge in [0.15, 0.2) is 5.09 Å². The minimum Gasteiger partial charge on any atom is -0.448 e. The highest BCUT2D eigenvalue weighted by Gasteiger charge is 2.14. The Hall–Kier alpha value is -4.78. The highest BCUT2D eigenvalue weighted by Crippen LogP contribution is 2.33. The molecule has 0 radical (unpaired) electrons. The summed E-state index contributed by atoms with van der Waals surface area (Å²) in [6, 6.07) is 43.5. The van der Waals surface area contributed by atoms with Crippen molar-refractivity contribution in [2.75, 3.05) is 0 Å². The Balaban J connectivity index is 1.17. The van der Waals surface area contributed by atoms with Gasteiger partial charge in [-0.2, -0.15) is 5.10 Å². The van der Waals surface area contributed by atoms with Gasteiger partial charge in [0.25, 0.3) is 5.91 Å². The van der Waals surface area contributed by atoms with E-state index in [0.717, 1.165) is 33.1 Å². The molecule has 0 spiro atoms. The molecule has 0 saturated heterocycles. The van der Waals surface area contributed by atoms with Gasteiger partial charge in [-0.3, -0.25) is 4.79 Å². The van der Waals surface area contributed by atoms with Crippen LogP contribution in [0.3, 0.4) is 0 Å². The van der Waals surface area contributed by atoms with Gasteiger partial charge in [-0.25, -0.2) is 5.43 Å². The second-order valence-electron chi connectivity index (χ2n) is 9.13. The summed E-state index contributed by atoms with van der Waals surface area (Å²) >= 11 is 7.43. The second-order valence-corrected chi connectivity index (χ2v) is 10.6. The maximum Gasteiger partial charge on any atom is 0.271 e. The predicted molar refractivity (Wildman–Crippen MR) is 166 cm³/mol. The number of rotatable bonds is 8. The smallest absolute Gasteiger partial charge is 0.271 e. The lowest BCUT2D eigenvalue weighted by Crippen LogP contribution is -2.17. The van der Waals surface area contributed by atoms with Gasteiger partial charge in [-0.05, 0) is 83.9 Å². The standard InChI is InChI=1S/C34H24ClN3O2S/c35-27-13-18-30(19-14-27)41-33-22-17-29(40-33)23-36-37-34(39)26-11-15-28(16-12-26)38-31(24-7-3-1-4-8-24)20-21-32(38)25-9-5-2-6-10-25/h1-23H,(H,37,39)/b36-23-. The third-order valence-electron chi connectivity index (χ3n) is 6.40. The van der Waals surface area contributed by atoms with Crippen molar-refractivity contribution in [3.8, 4) is 28.2 Å². The summed E-state index contributed by atoms with van der Waals surface area (Å²) < 4.78 is 7.99. The lowest BCUT2D eigenvalue weighted by molar-refractivity contribution is 0.0955. The van der Waals surface area contributed by atoms with Crippen LogP contribution < -0.4 is 5.43 Å². The van der Waals surface area contributed by atoms with E-state index in [2.05, 4.69) is 51.5 Å². The molecule has 2 heterocycles. The highest BCUT2D eigenvalue weighted by molar-refractivity contribution is 7.99. The summed E-state index contributed by atoms with van der Waals surface area (Å²) in [5.41, 5.74) is 8.39. The number of hydrogen-bond acceptors (Lipinski definition) is 4. The topological polar surface area (TPSA) is 59.5 Å². The number of carbonyl (C=O) groups excluding carboxylic acids is 1. The lowest BCUT2D eigenvalue weighted by atomic mass is 10.1. The van der Waals surface area contributed by atoms with Gasteiger partial charge in [0.1, 0.15) is 5.76 Å². The van der Waals surface area contributed by atoms with Gasteiger partial charge < -0.3 is 8.98 Å². The number of carbonyl (C=O) groups is 1. The summed E-state index contributed by atoms with van der Waals surface area (Å²) in [7, 11) is 0. The van der Waals surface area contributed by atoms with Crippen molar-refractivity contribution >= 4 is 35.5 Å². The zero-order valence-electron chi connectivity index (χ0n) is 21.8. The molecule has 4 aromatic carbocycles. The molecular formula is C34H24ClN3O2S. The first-order chi connectivity index (χ1) is 20.1. The maximum atomic E-state index is 12.8. The number of nitrogens with one attached hydrogen (secondary N) is 1. The first-order valence-electron chi connectivity index (χ1n) is 12.9. The van der Waals surface area contributed by atoms with Crippen molar-refractivity contribution in [1.29, 1.82) is 0 Å². The predicted octanol–water partition coefficient (Wildman–Crippen LogP) is 8.97. The number of amides is 1. The van der Waals surface area contributed by atoms with E-state index in [9.17, 15) is 4.79 Å². The third kappa shape index (κ3) is 6.19. The molecule has 41 heavy (non-hydrogen) atoms. The Labute approximate surface area is 247 Å². The average Bonchev–Trinajstić information content (AvgIpc) is 3.67. The Morgan fingerprint density at radius 1 is 0.732 bits per heavy atom. The number of furan rings is 1. The molecule has 0 bridgehead atoms. The first kappa shape index (κ1) is 26.4. The molecule has 6 aromatic rings. The van der Waals surface area contributed by atoms with Crippen LogP contribution in [0.5, 0.6) is 0 Å². The Morgan fingerprint density at radius 2 is 1.34 bits per heavy atom. The van der Waals surface area contributed by atoms with Crippen molar-refractivity contribution in [1.82, 2.24) is 9.99 Å². The molecular weight excluding hydrogens is 550 g/mol. The monoisotopic (exact) mass is 573 g/mol. The summed E-state index contributed by atoms with van der Waals surface area (Å²) in [5, 5.41) is 5.48. The summed E-state index contributed by atoms with van der Waals surface area (Å²) in [4.78, 5) is 13.8. The van der Waals surface area contributed by atoms with Crippen LogP contribution in [0, 0.1) is 0 Å². The van der Waals surface area contributed by atoms with Crippen LogP contribution in [0.1, 0.15) is 16.1 Å². The van der Waals surface area contributed by atoms with Crippen molar-refractivity contribution in [3.63, 3.8) is 0 Å². The molecule has 0 saturated carbocycles. The fraction of sp³-hybridized carbons (Fsp3) is 0. The van der Waals surface area contributed by atoms with Gasteiger partial charge in [-0.15, -0.1) is 0 Å². The molecule has 2 aromatic heterocycles. The molecule has 1 N–H and O–H groups in total.